The van der Waals surface area contributed by atoms with E-state index in [1.54, 1.807) is 0 Å². The summed E-state index contributed by atoms with van der Waals surface area (Å²) in [5, 5.41) is 8.39. The maximum absolute atomic E-state index is 13.4. The highest BCUT2D eigenvalue weighted by Gasteiger charge is 2.18. The van der Waals surface area contributed by atoms with E-state index in [-0.39, 0.29) is 12.0 Å². The first-order valence-electron chi connectivity index (χ1n) is 4.91. The lowest BCUT2D eigenvalue weighted by atomic mass is 10.1. The Labute approximate surface area is 101 Å². The molecule has 4 nitrogen and oxygen atoms in total. The lowest BCUT2D eigenvalue weighted by molar-refractivity contribution is -0.135. The molecular formula is C12H10F2O4. The van der Waals surface area contributed by atoms with Crippen molar-refractivity contribution in [3.05, 3.63) is 41.0 Å². The minimum Gasteiger partial charge on any atom is -0.481 e. The maximum Gasteiger partial charge on any atom is 0.343 e. The van der Waals surface area contributed by atoms with Crippen molar-refractivity contribution in [2.24, 2.45) is 0 Å². The monoisotopic (exact) mass is 256 g/mol. The third-order valence-electron chi connectivity index (χ3n) is 2.06. The van der Waals surface area contributed by atoms with Crippen LogP contribution in [0.1, 0.15) is 22.3 Å². The van der Waals surface area contributed by atoms with Gasteiger partial charge in [-0.05, 0) is 17.7 Å². The summed E-state index contributed by atoms with van der Waals surface area (Å²) >= 11 is 0. The van der Waals surface area contributed by atoms with Crippen LogP contribution in [-0.4, -0.2) is 24.2 Å². The van der Waals surface area contributed by atoms with Gasteiger partial charge in [-0.25, -0.2) is 13.6 Å². The van der Waals surface area contributed by atoms with E-state index in [9.17, 15) is 18.4 Å². The van der Waals surface area contributed by atoms with Crippen LogP contribution in [-0.2, 0) is 9.53 Å². The minimum absolute atomic E-state index is 0.124. The Hall–Kier alpha value is -2.24. The molecule has 0 atom stereocenters. The van der Waals surface area contributed by atoms with Crippen molar-refractivity contribution in [1.82, 2.24) is 0 Å². The van der Waals surface area contributed by atoms with E-state index in [0.29, 0.717) is 0 Å². The standard InChI is InChI=1S/C12H10F2O4/c1-18-12(17)11-8(13)5-7(6-9(11)14)3-2-4-10(15)16/h2-3,5-6H,4H2,1H3,(H,15,16). The van der Waals surface area contributed by atoms with E-state index in [4.69, 9.17) is 5.11 Å². The van der Waals surface area contributed by atoms with E-state index < -0.39 is 29.1 Å². The fourth-order valence-corrected chi connectivity index (χ4v) is 1.28. The molecule has 0 saturated heterocycles. The molecule has 0 saturated carbocycles. The van der Waals surface area contributed by atoms with Crippen molar-refractivity contribution in [2.75, 3.05) is 7.11 Å². The first-order valence-corrected chi connectivity index (χ1v) is 4.91. The number of carbonyl (C=O) groups is 2. The predicted molar refractivity (Wildman–Crippen MR) is 59.0 cm³/mol. The SMILES string of the molecule is COC(=O)c1c(F)cc(C=CCC(=O)O)cc1F. The molecule has 0 unspecified atom stereocenters. The highest BCUT2D eigenvalue weighted by atomic mass is 19.1. The number of aliphatic carboxylic acids is 1. The third kappa shape index (κ3) is 3.38. The van der Waals surface area contributed by atoms with Crippen molar-refractivity contribution in [3.8, 4) is 0 Å². The summed E-state index contributed by atoms with van der Waals surface area (Å²) in [6.07, 6.45) is 2.23. The minimum atomic E-state index is -1.11. The molecule has 0 amide bonds. The molecule has 0 bridgehead atoms. The van der Waals surface area contributed by atoms with Crippen molar-refractivity contribution in [2.45, 2.75) is 6.42 Å². The quantitative estimate of drug-likeness (QED) is 0.839. The average molecular weight is 256 g/mol. The molecule has 96 valence electrons. The highest BCUT2D eigenvalue weighted by molar-refractivity contribution is 5.90. The number of hydrogen-bond donors (Lipinski definition) is 1. The van der Waals surface area contributed by atoms with Crippen LogP contribution in [0.3, 0.4) is 0 Å². The van der Waals surface area contributed by atoms with Gasteiger partial charge in [0.2, 0.25) is 0 Å². The summed E-state index contributed by atoms with van der Waals surface area (Å²) in [6, 6.07) is 1.85. The average Bonchev–Trinajstić information content (AvgIpc) is 2.27. The third-order valence-corrected chi connectivity index (χ3v) is 2.06. The number of ether oxygens (including phenoxy) is 1. The lowest BCUT2D eigenvalue weighted by Crippen LogP contribution is -2.08. The smallest absolute Gasteiger partial charge is 0.343 e. The van der Waals surface area contributed by atoms with Crippen LogP contribution in [0.4, 0.5) is 8.78 Å². The predicted octanol–water partition coefficient (Wildman–Crippen LogP) is 2.24. The first kappa shape index (κ1) is 13.8. The molecule has 0 heterocycles. The van der Waals surface area contributed by atoms with Crippen molar-refractivity contribution < 1.29 is 28.2 Å². The number of halogens is 2. The van der Waals surface area contributed by atoms with Gasteiger partial charge in [0.25, 0.3) is 0 Å². The number of carboxylic acids is 1. The Bertz CT molecular complexity index is 486. The zero-order chi connectivity index (χ0) is 13.7. The van der Waals surface area contributed by atoms with Crippen molar-refractivity contribution >= 4 is 18.0 Å². The van der Waals surface area contributed by atoms with Crippen LogP contribution in [0.2, 0.25) is 0 Å². The Morgan fingerprint density at radius 2 is 1.89 bits per heavy atom. The number of benzene rings is 1. The molecule has 0 aliphatic heterocycles. The van der Waals surface area contributed by atoms with Gasteiger partial charge in [0.1, 0.15) is 17.2 Å². The molecule has 0 aliphatic carbocycles. The maximum atomic E-state index is 13.4. The fraction of sp³-hybridized carbons (Fsp3) is 0.167. The molecular weight excluding hydrogens is 246 g/mol. The fourth-order valence-electron chi connectivity index (χ4n) is 1.28. The summed E-state index contributed by atoms with van der Waals surface area (Å²) in [4.78, 5) is 21.3. The molecule has 0 aliphatic rings. The van der Waals surface area contributed by atoms with Gasteiger partial charge in [0.05, 0.1) is 13.5 Å². The molecule has 1 aromatic carbocycles. The van der Waals surface area contributed by atoms with Gasteiger partial charge >= 0.3 is 11.9 Å². The van der Waals surface area contributed by atoms with Gasteiger partial charge in [-0.2, -0.15) is 0 Å². The highest BCUT2D eigenvalue weighted by Crippen LogP contribution is 2.17. The molecule has 0 spiro atoms. The van der Waals surface area contributed by atoms with Gasteiger partial charge in [-0.15, -0.1) is 0 Å². The van der Waals surface area contributed by atoms with Crippen LogP contribution in [0.5, 0.6) is 0 Å². The molecule has 18 heavy (non-hydrogen) atoms. The molecule has 0 fully saturated rings. The Kier molecular flexibility index (Phi) is 4.53. The molecule has 1 rings (SSSR count). The Balaban J connectivity index is 3.03. The zero-order valence-electron chi connectivity index (χ0n) is 9.44. The number of hydrogen-bond acceptors (Lipinski definition) is 3. The number of carboxylic acid groups (broad SMARTS) is 1. The van der Waals surface area contributed by atoms with Crippen LogP contribution in [0, 0.1) is 11.6 Å². The van der Waals surface area contributed by atoms with Crippen molar-refractivity contribution in [3.63, 3.8) is 0 Å². The Morgan fingerprint density at radius 1 is 1.33 bits per heavy atom. The second kappa shape index (κ2) is 5.90. The summed E-state index contributed by atoms with van der Waals surface area (Å²) in [6.45, 7) is 0. The molecule has 1 N–H and O–H groups in total. The molecule has 6 heteroatoms. The number of methoxy groups -OCH3 is 1. The van der Waals surface area contributed by atoms with E-state index >= 15 is 0 Å². The van der Waals surface area contributed by atoms with E-state index in [2.05, 4.69) is 4.74 Å². The van der Waals surface area contributed by atoms with Gasteiger partial charge in [0, 0.05) is 0 Å². The largest absolute Gasteiger partial charge is 0.481 e. The zero-order valence-corrected chi connectivity index (χ0v) is 9.44. The first-order chi connectivity index (χ1) is 8.45. The summed E-state index contributed by atoms with van der Waals surface area (Å²) < 4.78 is 31.1. The van der Waals surface area contributed by atoms with Gasteiger partial charge in [-0.3, -0.25) is 4.79 Å². The second-order valence-electron chi connectivity index (χ2n) is 3.35. The van der Waals surface area contributed by atoms with Crippen molar-refractivity contribution in [1.29, 1.82) is 0 Å². The normalized spacial score (nSPS) is 10.6. The number of esters is 1. The summed E-state index contributed by atoms with van der Waals surface area (Å²) in [5.74, 6) is -4.28. The van der Waals surface area contributed by atoms with E-state index in [0.717, 1.165) is 19.2 Å². The summed E-state index contributed by atoms with van der Waals surface area (Å²) in [5.41, 5.74) is -0.646. The van der Waals surface area contributed by atoms with Crippen LogP contribution in [0.25, 0.3) is 6.08 Å². The van der Waals surface area contributed by atoms with E-state index in [1.165, 1.54) is 12.2 Å². The molecule has 0 aromatic heterocycles. The Morgan fingerprint density at radius 3 is 2.33 bits per heavy atom. The van der Waals surface area contributed by atoms with Crippen LogP contribution >= 0.6 is 0 Å². The molecule has 1 aromatic rings. The second-order valence-corrected chi connectivity index (χ2v) is 3.35. The summed E-state index contributed by atoms with van der Waals surface area (Å²) in [7, 11) is 1.02. The lowest BCUT2D eigenvalue weighted by Gasteiger charge is -2.04. The van der Waals surface area contributed by atoms with Gasteiger partial charge in [-0.1, -0.05) is 12.2 Å². The van der Waals surface area contributed by atoms with Crippen LogP contribution in [0.15, 0.2) is 18.2 Å². The van der Waals surface area contributed by atoms with Gasteiger partial charge in [0.15, 0.2) is 0 Å². The van der Waals surface area contributed by atoms with Gasteiger partial charge < -0.3 is 9.84 Å². The number of rotatable bonds is 4. The topological polar surface area (TPSA) is 63.6 Å². The molecule has 0 radical (unpaired) electrons. The van der Waals surface area contributed by atoms with E-state index in [1.807, 2.05) is 0 Å². The number of carbonyl (C=O) groups excluding carboxylic acids is 1. The van der Waals surface area contributed by atoms with Crippen LogP contribution < -0.4 is 0 Å².